The number of piperidine rings is 1. The minimum atomic E-state index is -0.107. The van der Waals surface area contributed by atoms with Crippen molar-refractivity contribution in [3.63, 3.8) is 0 Å². The summed E-state index contributed by atoms with van der Waals surface area (Å²) < 4.78 is 11.1. The van der Waals surface area contributed by atoms with Gasteiger partial charge in [0.1, 0.15) is 11.9 Å². The van der Waals surface area contributed by atoms with Crippen LogP contribution in [0.4, 0.5) is 0 Å². The van der Waals surface area contributed by atoms with E-state index in [2.05, 4.69) is 12.2 Å². The zero-order valence-electron chi connectivity index (χ0n) is 15.6. The summed E-state index contributed by atoms with van der Waals surface area (Å²) in [5.41, 5.74) is 1.69. The molecule has 0 saturated carbocycles. The normalized spacial score (nSPS) is 22.2. The number of nitrogens with zero attached hydrogens (tertiary/aromatic N) is 1. The lowest BCUT2D eigenvalue weighted by atomic mass is 9.96. The summed E-state index contributed by atoms with van der Waals surface area (Å²) in [6, 6.07) is 9.19. The summed E-state index contributed by atoms with van der Waals surface area (Å²) in [6.07, 6.45) is 3.02. The highest BCUT2D eigenvalue weighted by Gasteiger charge is 2.32. The van der Waals surface area contributed by atoms with Gasteiger partial charge < -0.3 is 19.4 Å². The Morgan fingerprint density at radius 3 is 2.59 bits per heavy atom. The number of fused-ring (bicyclic) bond motifs is 1. The molecule has 0 bridgehead atoms. The van der Waals surface area contributed by atoms with Crippen molar-refractivity contribution in [2.24, 2.45) is 0 Å². The van der Waals surface area contributed by atoms with E-state index in [0.29, 0.717) is 30.2 Å². The monoisotopic (exact) mass is 368 g/mol. The summed E-state index contributed by atoms with van der Waals surface area (Å²) in [5.74, 6) is 1.15. The minimum absolute atomic E-state index is 0.0465. The van der Waals surface area contributed by atoms with Crippen molar-refractivity contribution in [1.82, 2.24) is 10.2 Å². The molecule has 4 rings (SSSR count). The Morgan fingerprint density at radius 1 is 1.11 bits per heavy atom. The van der Waals surface area contributed by atoms with Crippen LogP contribution >= 0.6 is 0 Å². The van der Waals surface area contributed by atoms with Crippen LogP contribution in [0.5, 0.6) is 5.75 Å². The predicted octanol–water partition coefficient (Wildman–Crippen LogP) is 3.20. The lowest BCUT2D eigenvalue weighted by molar-refractivity contribution is 0.0667. The Balaban J connectivity index is 1.38. The smallest absolute Gasteiger partial charge is 0.289 e. The van der Waals surface area contributed by atoms with Gasteiger partial charge in [0.2, 0.25) is 0 Å². The maximum Gasteiger partial charge on any atom is 0.289 e. The van der Waals surface area contributed by atoms with Gasteiger partial charge in [-0.2, -0.15) is 0 Å². The molecule has 2 unspecified atom stereocenters. The van der Waals surface area contributed by atoms with Crippen molar-refractivity contribution in [1.29, 1.82) is 0 Å². The van der Waals surface area contributed by atoms with Crippen LogP contribution in [0.2, 0.25) is 0 Å². The van der Waals surface area contributed by atoms with Gasteiger partial charge in [-0.3, -0.25) is 9.59 Å². The zero-order chi connectivity index (χ0) is 19.0. The van der Waals surface area contributed by atoms with Gasteiger partial charge in [0.05, 0.1) is 11.8 Å². The van der Waals surface area contributed by atoms with Crippen molar-refractivity contribution < 1.29 is 18.7 Å². The van der Waals surface area contributed by atoms with E-state index >= 15 is 0 Å². The fourth-order valence-corrected chi connectivity index (χ4v) is 3.81. The molecule has 2 atom stereocenters. The number of likely N-dealkylation sites (tertiary alicyclic amines) is 1. The molecule has 2 aliphatic heterocycles. The fourth-order valence-electron chi connectivity index (χ4n) is 3.81. The van der Waals surface area contributed by atoms with Gasteiger partial charge in [-0.1, -0.05) is 19.1 Å². The summed E-state index contributed by atoms with van der Waals surface area (Å²) in [5, 5.41) is 3.11. The van der Waals surface area contributed by atoms with Crippen molar-refractivity contribution in [3.05, 3.63) is 53.5 Å². The zero-order valence-corrected chi connectivity index (χ0v) is 15.6. The van der Waals surface area contributed by atoms with Crippen LogP contribution in [0.3, 0.4) is 0 Å². The first kappa shape index (κ1) is 17.6. The maximum absolute atomic E-state index is 12.8. The lowest BCUT2D eigenvalue weighted by Crippen LogP contribution is -2.46. The van der Waals surface area contributed by atoms with E-state index in [0.717, 1.165) is 18.4 Å². The van der Waals surface area contributed by atoms with Crippen LogP contribution in [0, 0.1) is 0 Å². The van der Waals surface area contributed by atoms with E-state index in [1.54, 1.807) is 17.0 Å². The van der Waals surface area contributed by atoms with Crippen LogP contribution in [0.1, 0.15) is 59.1 Å². The summed E-state index contributed by atoms with van der Waals surface area (Å²) in [7, 11) is 0. The van der Waals surface area contributed by atoms with E-state index in [1.807, 2.05) is 25.1 Å². The Morgan fingerprint density at radius 2 is 1.89 bits per heavy atom. The third-order valence-electron chi connectivity index (χ3n) is 5.64. The molecule has 3 heterocycles. The van der Waals surface area contributed by atoms with E-state index in [4.69, 9.17) is 9.15 Å². The Bertz CT molecular complexity index is 838. The summed E-state index contributed by atoms with van der Waals surface area (Å²) in [6.45, 7) is 5.34. The van der Waals surface area contributed by atoms with Crippen LogP contribution in [-0.4, -0.2) is 41.9 Å². The average molecular weight is 368 g/mol. The van der Waals surface area contributed by atoms with Gasteiger partial charge in [-0.15, -0.1) is 0 Å². The van der Waals surface area contributed by atoms with Crippen LogP contribution in [0.15, 0.2) is 41.0 Å². The third-order valence-corrected chi connectivity index (χ3v) is 5.64. The number of hydrogen-bond donors (Lipinski definition) is 1. The van der Waals surface area contributed by atoms with Crippen LogP contribution < -0.4 is 10.1 Å². The molecule has 1 fully saturated rings. The standard InChI is InChI=1S/C21H24N2O4/c1-13-14(2)27-19-16(13)5-3-6-17(19)20(24)22-15-8-10-23(11-9-15)21(25)18-7-4-12-26-18/h3-7,12-15H,8-11H2,1-2H3,(H,22,24). The molecule has 6 heteroatoms. The number of ether oxygens (including phenoxy) is 1. The topological polar surface area (TPSA) is 71.8 Å². The molecule has 6 nitrogen and oxygen atoms in total. The molecule has 0 spiro atoms. The third kappa shape index (κ3) is 3.31. The molecule has 1 saturated heterocycles. The minimum Gasteiger partial charge on any atom is -0.489 e. The number of carbonyl (C=O) groups excluding carboxylic acids is 2. The molecule has 142 valence electrons. The summed E-state index contributed by atoms with van der Waals surface area (Å²) >= 11 is 0. The summed E-state index contributed by atoms with van der Waals surface area (Å²) in [4.78, 5) is 26.9. The number of carbonyl (C=O) groups is 2. The largest absolute Gasteiger partial charge is 0.489 e. The Hall–Kier alpha value is -2.76. The number of nitrogens with one attached hydrogen (secondary N) is 1. The van der Waals surface area contributed by atoms with Gasteiger partial charge in [-0.25, -0.2) is 0 Å². The van der Waals surface area contributed by atoms with Crippen LogP contribution in [0.25, 0.3) is 0 Å². The highest BCUT2D eigenvalue weighted by atomic mass is 16.5. The molecule has 2 aromatic rings. The van der Waals surface area contributed by atoms with E-state index < -0.39 is 0 Å². The molecule has 2 aliphatic rings. The molecule has 27 heavy (non-hydrogen) atoms. The van der Waals surface area contributed by atoms with E-state index in [-0.39, 0.29) is 29.9 Å². The van der Waals surface area contributed by atoms with Crippen molar-refractivity contribution in [3.8, 4) is 5.75 Å². The Labute approximate surface area is 158 Å². The predicted molar refractivity (Wildman–Crippen MR) is 100 cm³/mol. The molecular formula is C21H24N2O4. The van der Waals surface area contributed by atoms with Crippen LogP contribution in [-0.2, 0) is 0 Å². The Kier molecular flexibility index (Phi) is 4.64. The van der Waals surface area contributed by atoms with Gasteiger partial charge in [0.15, 0.2) is 5.76 Å². The van der Waals surface area contributed by atoms with Crippen molar-refractivity contribution in [2.45, 2.75) is 44.8 Å². The number of benzene rings is 1. The molecule has 1 N–H and O–H groups in total. The second-order valence-corrected chi connectivity index (χ2v) is 7.35. The first-order chi connectivity index (χ1) is 13.0. The molecular weight excluding hydrogens is 344 g/mol. The van der Waals surface area contributed by atoms with E-state index in [1.165, 1.54) is 6.26 Å². The van der Waals surface area contributed by atoms with Gasteiger partial charge in [0, 0.05) is 30.6 Å². The van der Waals surface area contributed by atoms with Gasteiger partial charge >= 0.3 is 0 Å². The number of para-hydroxylation sites is 1. The van der Waals surface area contributed by atoms with Crippen molar-refractivity contribution in [2.75, 3.05) is 13.1 Å². The van der Waals surface area contributed by atoms with Gasteiger partial charge in [-0.05, 0) is 38.0 Å². The first-order valence-electron chi connectivity index (χ1n) is 9.48. The quantitative estimate of drug-likeness (QED) is 0.903. The molecule has 0 aliphatic carbocycles. The average Bonchev–Trinajstić information content (AvgIpc) is 3.31. The maximum atomic E-state index is 12.8. The number of amides is 2. The first-order valence-corrected chi connectivity index (χ1v) is 9.48. The second kappa shape index (κ2) is 7.10. The van der Waals surface area contributed by atoms with E-state index in [9.17, 15) is 9.59 Å². The highest BCUT2D eigenvalue weighted by Crippen LogP contribution is 2.40. The molecule has 2 amide bonds. The number of hydrogen-bond acceptors (Lipinski definition) is 4. The second-order valence-electron chi connectivity index (χ2n) is 7.35. The molecule has 0 radical (unpaired) electrons. The number of rotatable bonds is 3. The number of furan rings is 1. The SMILES string of the molecule is CC1Oc2c(C(=O)NC3CCN(C(=O)c4ccco4)CC3)cccc2C1C. The highest BCUT2D eigenvalue weighted by molar-refractivity contribution is 5.98. The molecule has 1 aromatic carbocycles. The molecule has 1 aromatic heterocycles. The van der Waals surface area contributed by atoms with Gasteiger partial charge in [0.25, 0.3) is 11.8 Å². The fraction of sp³-hybridized carbons (Fsp3) is 0.429. The lowest BCUT2D eigenvalue weighted by Gasteiger charge is -2.32. The van der Waals surface area contributed by atoms with Crippen molar-refractivity contribution >= 4 is 11.8 Å².